The summed E-state index contributed by atoms with van der Waals surface area (Å²) >= 11 is 11.2. The van der Waals surface area contributed by atoms with Gasteiger partial charge in [-0.1, -0.05) is 50.9 Å². The third-order valence-electron chi connectivity index (χ3n) is 4.56. The van der Waals surface area contributed by atoms with E-state index >= 15 is 0 Å². The van der Waals surface area contributed by atoms with Crippen molar-refractivity contribution in [2.75, 3.05) is 14.1 Å². The first kappa shape index (κ1) is 21.5. The van der Waals surface area contributed by atoms with E-state index < -0.39 is 25.1 Å². The first-order chi connectivity index (χ1) is 8.98. The van der Waals surface area contributed by atoms with Gasteiger partial charge < -0.3 is 4.43 Å². The SMILES string of the molecule is CC(C)C(C)(C)[Si](C)(C)OC(N(C)C)C(Cl)(Cl)C(F)(F)F. The van der Waals surface area contributed by atoms with Crippen molar-refractivity contribution in [2.45, 2.75) is 62.6 Å². The molecule has 0 heterocycles. The van der Waals surface area contributed by atoms with E-state index in [2.05, 4.69) is 0 Å². The van der Waals surface area contributed by atoms with Gasteiger partial charge in [-0.15, -0.1) is 0 Å². The summed E-state index contributed by atoms with van der Waals surface area (Å²) in [5.74, 6) is 0.257. The molecule has 0 aliphatic heterocycles. The van der Waals surface area contributed by atoms with Crippen molar-refractivity contribution in [1.82, 2.24) is 4.90 Å². The van der Waals surface area contributed by atoms with Crippen molar-refractivity contribution in [2.24, 2.45) is 5.92 Å². The molecule has 1 unspecified atom stereocenters. The van der Waals surface area contributed by atoms with Crippen molar-refractivity contribution >= 4 is 31.5 Å². The van der Waals surface area contributed by atoms with Crippen molar-refractivity contribution in [1.29, 1.82) is 0 Å². The molecule has 0 saturated carbocycles. The minimum absolute atomic E-state index is 0.239. The van der Waals surface area contributed by atoms with Gasteiger partial charge >= 0.3 is 6.18 Å². The standard InChI is InChI=1S/C13H26Cl2F3NOSi/c1-9(2)11(3,4)21(7,8)20-10(19(5)6)12(14,15)13(16,17)18/h9-10H,1-8H3. The van der Waals surface area contributed by atoms with Crippen LogP contribution in [0.4, 0.5) is 13.2 Å². The van der Waals surface area contributed by atoms with Gasteiger partial charge in [0.1, 0.15) is 6.23 Å². The maximum Gasteiger partial charge on any atom is 0.425 e. The molecule has 0 bridgehead atoms. The number of rotatable bonds is 6. The Morgan fingerprint density at radius 1 is 1.05 bits per heavy atom. The van der Waals surface area contributed by atoms with Gasteiger partial charge in [0.2, 0.25) is 0 Å². The van der Waals surface area contributed by atoms with E-state index in [9.17, 15) is 13.2 Å². The minimum Gasteiger partial charge on any atom is -0.398 e. The van der Waals surface area contributed by atoms with Crippen molar-refractivity contribution in [3.05, 3.63) is 0 Å². The Balaban J connectivity index is 5.58. The van der Waals surface area contributed by atoms with Gasteiger partial charge in [-0.05, 0) is 38.1 Å². The lowest BCUT2D eigenvalue weighted by Gasteiger charge is -2.47. The second-order valence-electron chi connectivity index (χ2n) is 6.94. The van der Waals surface area contributed by atoms with E-state index in [1.54, 1.807) is 0 Å². The van der Waals surface area contributed by atoms with Gasteiger partial charge in [0.25, 0.3) is 4.33 Å². The molecule has 0 radical (unpaired) electrons. The van der Waals surface area contributed by atoms with E-state index in [-0.39, 0.29) is 11.0 Å². The van der Waals surface area contributed by atoms with Gasteiger partial charge in [-0.2, -0.15) is 13.2 Å². The number of nitrogens with zero attached hydrogens (tertiary/aromatic N) is 1. The van der Waals surface area contributed by atoms with Crippen molar-refractivity contribution < 1.29 is 17.6 Å². The van der Waals surface area contributed by atoms with Gasteiger partial charge in [0.05, 0.1) is 0 Å². The summed E-state index contributed by atoms with van der Waals surface area (Å²) in [5, 5.41) is -0.239. The summed E-state index contributed by atoms with van der Waals surface area (Å²) in [4.78, 5) is 1.28. The molecule has 0 saturated heterocycles. The molecule has 0 aromatic heterocycles. The van der Waals surface area contributed by atoms with E-state index in [1.165, 1.54) is 19.0 Å². The van der Waals surface area contributed by atoms with E-state index in [1.807, 2.05) is 40.8 Å². The topological polar surface area (TPSA) is 12.5 Å². The molecule has 21 heavy (non-hydrogen) atoms. The zero-order valence-corrected chi connectivity index (χ0v) is 16.4. The highest BCUT2D eigenvalue weighted by Gasteiger charge is 2.61. The number of alkyl halides is 5. The van der Waals surface area contributed by atoms with Gasteiger partial charge in [-0.3, -0.25) is 4.90 Å². The predicted molar refractivity (Wildman–Crippen MR) is 85.4 cm³/mol. The third-order valence-corrected chi connectivity index (χ3v) is 9.85. The van der Waals surface area contributed by atoms with Crippen LogP contribution in [0, 0.1) is 5.92 Å². The van der Waals surface area contributed by atoms with Crippen LogP contribution in [0.1, 0.15) is 27.7 Å². The summed E-state index contributed by atoms with van der Waals surface area (Å²) < 4.78 is 42.3. The monoisotopic (exact) mass is 367 g/mol. The molecule has 0 fully saturated rings. The quantitative estimate of drug-likeness (QED) is 0.360. The lowest BCUT2D eigenvalue weighted by Crippen LogP contribution is -2.59. The molecule has 128 valence electrons. The van der Waals surface area contributed by atoms with Crippen LogP contribution < -0.4 is 0 Å². The maximum atomic E-state index is 13.1. The van der Waals surface area contributed by atoms with Gasteiger partial charge in [0, 0.05) is 0 Å². The van der Waals surface area contributed by atoms with E-state index in [4.69, 9.17) is 27.6 Å². The highest BCUT2D eigenvalue weighted by molar-refractivity contribution is 6.74. The Morgan fingerprint density at radius 3 is 1.67 bits per heavy atom. The zero-order valence-electron chi connectivity index (χ0n) is 13.9. The fourth-order valence-electron chi connectivity index (χ4n) is 1.77. The molecule has 0 aliphatic carbocycles. The molecule has 0 spiro atoms. The molecular formula is C13H26Cl2F3NOSi. The Hall–Kier alpha value is 0.507. The molecule has 0 aromatic rings. The Bertz CT molecular complexity index is 358. The van der Waals surface area contributed by atoms with Crippen molar-refractivity contribution in [3.8, 4) is 0 Å². The van der Waals surface area contributed by atoms with E-state index in [0.717, 1.165) is 0 Å². The lowest BCUT2D eigenvalue weighted by molar-refractivity contribution is -0.175. The van der Waals surface area contributed by atoms with Crippen LogP contribution in [0.15, 0.2) is 0 Å². The second-order valence-corrected chi connectivity index (χ2v) is 12.9. The number of halogens is 5. The molecule has 2 nitrogen and oxygen atoms in total. The summed E-state index contributed by atoms with van der Waals surface area (Å²) in [6.07, 6.45) is -6.24. The molecule has 1 atom stereocenters. The van der Waals surface area contributed by atoms with Crippen LogP contribution in [0.3, 0.4) is 0 Å². The molecule has 0 amide bonds. The Kier molecular flexibility index (Phi) is 6.71. The number of hydrogen-bond donors (Lipinski definition) is 0. The van der Waals surface area contributed by atoms with Gasteiger partial charge in [0.15, 0.2) is 8.32 Å². The van der Waals surface area contributed by atoms with Crippen LogP contribution in [-0.4, -0.2) is 44.1 Å². The molecule has 0 aliphatic rings. The van der Waals surface area contributed by atoms with Crippen molar-refractivity contribution in [3.63, 3.8) is 0 Å². The largest absolute Gasteiger partial charge is 0.425 e. The lowest BCUT2D eigenvalue weighted by atomic mass is 9.99. The highest BCUT2D eigenvalue weighted by Crippen LogP contribution is 2.49. The molecule has 0 aromatic carbocycles. The van der Waals surface area contributed by atoms with E-state index in [0.29, 0.717) is 0 Å². The first-order valence-electron chi connectivity index (χ1n) is 6.77. The van der Waals surface area contributed by atoms with Crippen LogP contribution in [0.5, 0.6) is 0 Å². The Labute approximate surface area is 137 Å². The molecule has 0 rings (SSSR count). The summed E-state index contributed by atoms with van der Waals surface area (Å²) in [6.45, 7) is 11.9. The normalized spacial score (nSPS) is 16.7. The first-order valence-corrected chi connectivity index (χ1v) is 10.4. The molecule has 0 N–H and O–H groups in total. The van der Waals surface area contributed by atoms with Crippen LogP contribution in [0.2, 0.25) is 18.1 Å². The fourth-order valence-corrected chi connectivity index (χ4v) is 5.04. The summed E-state index contributed by atoms with van der Waals surface area (Å²) in [7, 11) is 0.431. The van der Waals surface area contributed by atoms with Crippen LogP contribution in [0.25, 0.3) is 0 Å². The molecular weight excluding hydrogens is 342 g/mol. The summed E-state index contributed by atoms with van der Waals surface area (Å²) in [5.41, 5.74) is 0. The summed E-state index contributed by atoms with van der Waals surface area (Å²) in [6, 6.07) is 0. The maximum absolute atomic E-state index is 13.1. The minimum atomic E-state index is -4.78. The van der Waals surface area contributed by atoms with Crippen LogP contribution in [-0.2, 0) is 4.43 Å². The zero-order chi connectivity index (χ0) is 17.4. The third kappa shape index (κ3) is 4.50. The average molecular weight is 368 g/mol. The highest BCUT2D eigenvalue weighted by atomic mass is 35.5. The van der Waals surface area contributed by atoms with Crippen LogP contribution >= 0.6 is 23.2 Å². The molecule has 8 heteroatoms. The number of hydrogen-bond acceptors (Lipinski definition) is 2. The average Bonchev–Trinajstić information content (AvgIpc) is 2.23. The fraction of sp³-hybridized carbons (Fsp3) is 1.00. The smallest absolute Gasteiger partial charge is 0.398 e. The van der Waals surface area contributed by atoms with Gasteiger partial charge in [-0.25, -0.2) is 0 Å². The second kappa shape index (κ2) is 6.55. The predicted octanol–water partition coefficient (Wildman–Crippen LogP) is 5.27. The Morgan fingerprint density at radius 2 is 1.43 bits per heavy atom.